The van der Waals surface area contributed by atoms with Crippen molar-refractivity contribution in [2.24, 2.45) is 0 Å². The molecule has 0 aromatic heterocycles. The number of ether oxygens (including phenoxy) is 1. The molecule has 0 radical (unpaired) electrons. The summed E-state index contributed by atoms with van der Waals surface area (Å²) in [4.78, 5) is 23.4. The molecule has 150 valence electrons. The van der Waals surface area contributed by atoms with Crippen LogP contribution in [-0.4, -0.2) is 17.4 Å². The molecule has 1 amide bonds. The molecular weight excluding hydrogens is 384 g/mol. The highest BCUT2D eigenvalue weighted by Gasteiger charge is 2.18. The van der Waals surface area contributed by atoms with E-state index in [2.05, 4.69) is 10.6 Å². The number of hydrogen-bond acceptors (Lipinski definition) is 6. The smallest absolute Gasteiger partial charge is 0.293 e. The Morgan fingerprint density at radius 1 is 1.07 bits per heavy atom. The van der Waals surface area contributed by atoms with Gasteiger partial charge in [-0.05, 0) is 42.0 Å². The van der Waals surface area contributed by atoms with Gasteiger partial charge in [0.1, 0.15) is 17.5 Å². The number of nitrogens with zero attached hydrogens (tertiary/aromatic N) is 2. The molecule has 0 aliphatic carbocycles. The monoisotopic (exact) mass is 402 g/mol. The van der Waals surface area contributed by atoms with Crippen molar-refractivity contribution in [3.05, 3.63) is 94.0 Å². The summed E-state index contributed by atoms with van der Waals surface area (Å²) in [5, 5.41) is 25.8. The molecule has 0 unspecified atom stereocenters. The number of nitro benzene ring substituents is 1. The highest BCUT2D eigenvalue weighted by Crippen LogP contribution is 2.28. The fourth-order valence-corrected chi connectivity index (χ4v) is 2.75. The van der Waals surface area contributed by atoms with E-state index in [9.17, 15) is 14.9 Å². The van der Waals surface area contributed by atoms with Crippen LogP contribution < -0.4 is 15.4 Å². The Labute approximate surface area is 172 Å². The molecule has 0 saturated carbocycles. The molecule has 0 spiro atoms. The molecule has 3 rings (SSSR count). The normalized spacial score (nSPS) is 9.97. The lowest BCUT2D eigenvalue weighted by atomic mass is 10.1. The van der Waals surface area contributed by atoms with Crippen molar-refractivity contribution in [3.63, 3.8) is 0 Å². The van der Waals surface area contributed by atoms with Gasteiger partial charge in [0.05, 0.1) is 4.92 Å². The number of hydrogen-bond donors (Lipinski definition) is 2. The Kier molecular flexibility index (Phi) is 6.59. The van der Waals surface area contributed by atoms with Crippen molar-refractivity contribution in [2.45, 2.75) is 6.54 Å². The molecule has 30 heavy (non-hydrogen) atoms. The zero-order valence-corrected chi connectivity index (χ0v) is 15.9. The maximum absolute atomic E-state index is 12.5. The number of nitrogens with one attached hydrogen (secondary N) is 2. The van der Waals surface area contributed by atoms with E-state index >= 15 is 0 Å². The second-order valence-electron chi connectivity index (χ2n) is 6.26. The van der Waals surface area contributed by atoms with Gasteiger partial charge in [0, 0.05) is 23.9 Å². The van der Waals surface area contributed by atoms with Gasteiger partial charge in [-0.25, -0.2) is 0 Å². The number of carbonyl (C=O) groups is 1. The largest absolute Gasteiger partial charge is 0.479 e. The molecule has 0 aliphatic heterocycles. The number of carbonyl (C=O) groups excluding carboxylic acids is 1. The van der Waals surface area contributed by atoms with Gasteiger partial charge in [0.15, 0.2) is 6.61 Å². The van der Waals surface area contributed by atoms with Gasteiger partial charge < -0.3 is 15.4 Å². The van der Waals surface area contributed by atoms with Crippen LogP contribution in [0.3, 0.4) is 0 Å². The van der Waals surface area contributed by atoms with E-state index < -0.39 is 10.8 Å². The molecule has 0 fully saturated rings. The highest BCUT2D eigenvalue weighted by atomic mass is 16.6. The lowest BCUT2D eigenvalue weighted by Crippen LogP contribution is -2.23. The minimum atomic E-state index is -0.530. The first-order chi connectivity index (χ1) is 14.6. The number of benzene rings is 3. The van der Waals surface area contributed by atoms with Crippen LogP contribution in [0.15, 0.2) is 72.8 Å². The second kappa shape index (κ2) is 9.71. The SMILES string of the molecule is N#CCOc1cccc(CNC(=O)c2ccc(Nc3ccccc3)c([N+](=O)[O-])c2)c1. The quantitative estimate of drug-likeness (QED) is 0.431. The predicted octanol–water partition coefficient (Wildman–Crippen LogP) is 4.17. The number of nitriles is 1. The summed E-state index contributed by atoms with van der Waals surface area (Å²) in [6.07, 6.45) is 0. The van der Waals surface area contributed by atoms with E-state index in [0.717, 1.165) is 5.56 Å². The van der Waals surface area contributed by atoms with Crippen LogP contribution in [0.1, 0.15) is 15.9 Å². The Morgan fingerprint density at radius 3 is 2.60 bits per heavy atom. The average molecular weight is 402 g/mol. The standard InChI is InChI=1S/C22H18N4O4/c23-11-12-30-19-8-4-5-16(13-19)15-24-22(27)17-9-10-20(21(14-17)26(28)29)25-18-6-2-1-3-7-18/h1-10,13-14,25H,12,15H2,(H,24,27). The summed E-state index contributed by atoms with van der Waals surface area (Å²) >= 11 is 0. The van der Waals surface area contributed by atoms with Gasteiger partial charge in [0.2, 0.25) is 0 Å². The number of nitro groups is 1. The maximum Gasteiger partial charge on any atom is 0.293 e. The van der Waals surface area contributed by atoms with E-state index in [0.29, 0.717) is 17.1 Å². The summed E-state index contributed by atoms with van der Waals surface area (Å²) < 4.78 is 5.24. The molecule has 0 aliphatic rings. The van der Waals surface area contributed by atoms with Crippen LogP contribution in [-0.2, 0) is 6.54 Å². The molecule has 3 aromatic carbocycles. The Balaban J connectivity index is 1.71. The number of rotatable bonds is 8. The average Bonchev–Trinajstić information content (AvgIpc) is 2.77. The molecule has 8 nitrogen and oxygen atoms in total. The van der Waals surface area contributed by atoms with Gasteiger partial charge in [-0.15, -0.1) is 0 Å². The van der Waals surface area contributed by atoms with Crippen molar-refractivity contribution in [3.8, 4) is 11.8 Å². The van der Waals surface area contributed by atoms with E-state index in [4.69, 9.17) is 10.00 Å². The van der Waals surface area contributed by atoms with E-state index in [1.165, 1.54) is 18.2 Å². The lowest BCUT2D eigenvalue weighted by Gasteiger charge is -2.10. The van der Waals surface area contributed by atoms with E-state index in [1.807, 2.05) is 24.3 Å². The summed E-state index contributed by atoms with van der Waals surface area (Å²) in [6, 6.07) is 22.2. The Morgan fingerprint density at radius 2 is 1.87 bits per heavy atom. The van der Waals surface area contributed by atoms with Crippen LogP contribution in [0.2, 0.25) is 0 Å². The highest BCUT2D eigenvalue weighted by molar-refractivity contribution is 5.95. The van der Waals surface area contributed by atoms with Crippen molar-refractivity contribution in [2.75, 3.05) is 11.9 Å². The van der Waals surface area contributed by atoms with Crippen molar-refractivity contribution < 1.29 is 14.5 Å². The third kappa shape index (κ3) is 5.33. The maximum atomic E-state index is 12.5. The molecular formula is C22H18N4O4. The molecule has 0 bridgehead atoms. The number of amides is 1. The first-order valence-corrected chi connectivity index (χ1v) is 9.04. The molecule has 0 saturated heterocycles. The zero-order valence-electron chi connectivity index (χ0n) is 15.9. The van der Waals surface area contributed by atoms with Gasteiger partial charge in [0.25, 0.3) is 11.6 Å². The molecule has 3 aromatic rings. The summed E-state index contributed by atoms with van der Waals surface area (Å²) in [7, 11) is 0. The van der Waals surface area contributed by atoms with Gasteiger partial charge in [-0.1, -0.05) is 30.3 Å². The van der Waals surface area contributed by atoms with Gasteiger partial charge in [-0.3, -0.25) is 14.9 Å². The van der Waals surface area contributed by atoms with Crippen LogP contribution in [0, 0.1) is 21.4 Å². The molecule has 2 N–H and O–H groups in total. The summed E-state index contributed by atoms with van der Waals surface area (Å²) in [5.41, 5.74) is 1.76. The molecule has 8 heteroatoms. The fourth-order valence-electron chi connectivity index (χ4n) is 2.75. The third-order valence-electron chi connectivity index (χ3n) is 4.16. The second-order valence-corrected chi connectivity index (χ2v) is 6.26. The minimum absolute atomic E-state index is 0.0666. The fraction of sp³-hybridized carbons (Fsp3) is 0.0909. The number of para-hydroxylation sites is 1. The number of anilines is 2. The first kappa shape index (κ1) is 20.4. The zero-order chi connectivity index (χ0) is 21.3. The van der Waals surface area contributed by atoms with Crippen molar-refractivity contribution in [1.29, 1.82) is 5.26 Å². The third-order valence-corrected chi connectivity index (χ3v) is 4.16. The molecule has 0 atom stereocenters. The van der Waals surface area contributed by atoms with Crippen molar-refractivity contribution >= 4 is 23.0 Å². The van der Waals surface area contributed by atoms with Crippen LogP contribution >= 0.6 is 0 Å². The Hall–Kier alpha value is -4.38. The van der Waals surface area contributed by atoms with Gasteiger partial charge in [-0.2, -0.15) is 5.26 Å². The molecule has 0 heterocycles. The predicted molar refractivity (Wildman–Crippen MR) is 112 cm³/mol. The first-order valence-electron chi connectivity index (χ1n) is 9.04. The van der Waals surface area contributed by atoms with Gasteiger partial charge >= 0.3 is 0 Å². The van der Waals surface area contributed by atoms with Crippen LogP contribution in [0.25, 0.3) is 0 Å². The van der Waals surface area contributed by atoms with Crippen LogP contribution in [0.5, 0.6) is 5.75 Å². The van der Waals surface area contributed by atoms with Crippen molar-refractivity contribution in [1.82, 2.24) is 5.32 Å². The summed E-state index contributed by atoms with van der Waals surface area (Å²) in [5.74, 6) is 0.0861. The minimum Gasteiger partial charge on any atom is -0.479 e. The Bertz CT molecular complexity index is 1090. The van der Waals surface area contributed by atoms with E-state index in [1.54, 1.807) is 36.4 Å². The lowest BCUT2D eigenvalue weighted by molar-refractivity contribution is -0.383. The summed E-state index contributed by atoms with van der Waals surface area (Å²) in [6.45, 7) is 0.142. The topological polar surface area (TPSA) is 117 Å². The van der Waals surface area contributed by atoms with E-state index in [-0.39, 0.29) is 24.4 Å². The van der Waals surface area contributed by atoms with Crippen LogP contribution in [0.4, 0.5) is 17.1 Å².